The number of aliphatic hydroxyl groups is 1. The molecule has 1 aromatic rings. The van der Waals surface area contributed by atoms with Gasteiger partial charge in [0.1, 0.15) is 4.88 Å². The van der Waals surface area contributed by atoms with Gasteiger partial charge < -0.3 is 10.0 Å². The molecule has 0 fully saturated rings. The molecular formula is C7H11N3O2S. The van der Waals surface area contributed by atoms with Gasteiger partial charge in [0.25, 0.3) is 5.91 Å². The van der Waals surface area contributed by atoms with E-state index in [-0.39, 0.29) is 18.6 Å². The third-order valence-corrected chi connectivity index (χ3v) is 2.47. The molecule has 0 saturated carbocycles. The number of hydrogen-bond acceptors (Lipinski definition) is 5. The van der Waals surface area contributed by atoms with Crippen molar-refractivity contribution in [3.63, 3.8) is 0 Å². The molecule has 0 radical (unpaired) electrons. The molecule has 5 nitrogen and oxygen atoms in total. The van der Waals surface area contributed by atoms with Crippen LogP contribution in [0, 0.1) is 0 Å². The SMILES string of the molecule is CC(CO)N(C)C(=O)c1cnns1. The van der Waals surface area contributed by atoms with Gasteiger partial charge >= 0.3 is 0 Å². The van der Waals surface area contributed by atoms with Crippen molar-refractivity contribution in [2.75, 3.05) is 13.7 Å². The predicted molar refractivity (Wildman–Crippen MR) is 48.6 cm³/mol. The summed E-state index contributed by atoms with van der Waals surface area (Å²) in [6.07, 6.45) is 1.42. The Kier molecular flexibility index (Phi) is 3.32. The van der Waals surface area contributed by atoms with Crippen LogP contribution in [-0.4, -0.2) is 45.2 Å². The molecule has 0 aliphatic carbocycles. The van der Waals surface area contributed by atoms with Gasteiger partial charge in [-0.2, -0.15) is 0 Å². The first-order chi connectivity index (χ1) is 6.16. The molecule has 0 bridgehead atoms. The molecule has 1 rings (SSSR count). The molecule has 13 heavy (non-hydrogen) atoms. The molecule has 1 N–H and O–H groups in total. The Morgan fingerprint density at radius 2 is 2.54 bits per heavy atom. The fourth-order valence-corrected chi connectivity index (χ4v) is 1.26. The van der Waals surface area contributed by atoms with Gasteiger partial charge in [0.15, 0.2) is 0 Å². The maximum Gasteiger partial charge on any atom is 0.267 e. The van der Waals surface area contributed by atoms with E-state index in [9.17, 15) is 4.79 Å². The van der Waals surface area contributed by atoms with Gasteiger partial charge in [-0.25, -0.2) is 0 Å². The van der Waals surface area contributed by atoms with E-state index in [4.69, 9.17) is 5.11 Å². The molecule has 1 aromatic heterocycles. The standard InChI is InChI=1S/C7H11N3O2S/c1-5(4-11)10(2)7(12)6-3-8-9-13-6/h3,5,11H,4H2,1-2H3. The van der Waals surface area contributed by atoms with Gasteiger partial charge in [0.05, 0.1) is 18.8 Å². The molecule has 1 amide bonds. The molecule has 1 heterocycles. The number of nitrogens with zero attached hydrogens (tertiary/aromatic N) is 3. The number of hydrogen-bond donors (Lipinski definition) is 1. The maximum atomic E-state index is 11.6. The van der Waals surface area contributed by atoms with Crippen LogP contribution in [0.5, 0.6) is 0 Å². The van der Waals surface area contributed by atoms with Crippen LogP contribution in [0.1, 0.15) is 16.6 Å². The first kappa shape index (κ1) is 10.1. The van der Waals surface area contributed by atoms with Crippen LogP contribution in [0.3, 0.4) is 0 Å². The number of aromatic nitrogens is 2. The monoisotopic (exact) mass is 201 g/mol. The van der Waals surface area contributed by atoms with E-state index in [2.05, 4.69) is 9.59 Å². The summed E-state index contributed by atoms with van der Waals surface area (Å²) in [5.41, 5.74) is 0. The topological polar surface area (TPSA) is 66.3 Å². The maximum absolute atomic E-state index is 11.6. The highest BCUT2D eigenvalue weighted by atomic mass is 32.1. The summed E-state index contributed by atoms with van der Waals surface area (Å²) < 4.78 is 3.59. The van der Waals surface area contributed by atoms with Crippen LogP contribution >= 0.6 is 11.5 Å². The zero-order valence-corrected chi connectivity index (χ0v) is 8.28. The zero-order chi connectivity index (χ0) is 9.84. The Balaban J connectivity index is 2.68. The van der Waals surface area contributed by atoms with E-state index in [1.54, 1.807) is 14.0 Å². The van der Waals surface area contributed by atoms with Crippen molar-refractivity contribution >= 4 is 17.4 Å². The second-order valence-electron chi connectivity index (χ2n) is 2.73. The molecule has 0 spiro atoms. The number of amides is 1. The van der Waals surface area contributed by atoms with Gasteiger partial charge in [-0.05, 0) is 18.5 Å². The molecule has 0 aliphatic heterocycles. The van der Waals surface area contributed by atoms with E-state index in [0.717, 1.165) is 11.5 Å². The van der Waals surface area contributed by atoms with Crippen molar-refractivity contribution in [1.29, 1.82) is 0 Å². The van der Waals surface area contributed by atoms with Crippen molar-refractivity contribution in [3.05, 3.63) is 11.1 Å². The van der Waals surface area contributed by atoms with Gasteiger partial charge in [0.2, 0.25) is 0 Å². The molecule has 6 heteroatoms. The number of aliphatic hydroxyl groups excluding tert-OH is 1. The van der Waals surface area contributed by atoms with Gasteiger partial charge in [-0.3, -0.25) is 4.79 Å². The van der Waals surface area contributed by atoms with Crippen molar-refractivity contribution < 1.29 is 9.90 Å². The summed E-state index contributed by atoms with van der Waals surface area (Å²) in [5, 5.41) is 12.4. The van der Waals surface area contributed by atoms with Crippen LogP contribution in [0.25, 0.3) is 0 Å². The van der Waals surface area contributed by atoms with Crippen LogP contribution < -0.4 is 0 Å². The lowest BCUT2D eigenvalue weighted by Gasteiger charge is -2.21. The average Bonchev–Trinajstić information content (AvgIpc) is 2.67. The van der Waals surface area contributed by atoms with Crippen molar-refractivity contribution in [2.24, 2.45) is 0 Å². The summed E-state index contributed by atoms with van der Waals surface area (Å²) in [5.74, 6) is -0.156. The second-order valence-corrected chi connectivity index (χ2v) is 3.52. The minimum absolute atomic E-state index is 0.0472. The average molecular weight is 201 g/mol. The predicted octanol–water partition coefficient (Wildman–Crippen LogP) is -0.00910. The van der Waals surface area contributed by atoms with Gasteiger partial charge in [0, 0.05) is 7.05 Å². The first-order valence-electron chi connectivity index (χ1n) is 3.82. The Hall–Kier alpha value is -1.01. The zero-order valence-electron chi connectivity index (χ0n) is 7.47. The molecule has 0 aromatic carbocycles. The van der Waals surface area contributed by atoms with Crippen LogP contribution in [0.2, 0.25) is 0 Å². The Morgan fingerprint density at radius 1 is 1.85 bits per heavy atom. The van der Waals surface area contributed by atoms with Crippen LogP contribution in [0.4, 0.5) is 0 Å². The fraction of sp³-hybridized carbons (Fsp3) is 0.571. The van der Waals surface area contributed by atoms with Crippen LogP contribution in [0.15, 0.2) is 6.20 Å². The Labute approximate surface area is 80.2 Å². The number of carbonyl (C=O) groups is 1. The lowest BCUT2D eigenvalue weighted by atomic mass is 10.3. The lowest BCUT2D eigenvalue weighted by Crippen LogP contribution is -2.36. The first-order valence-corrected chi connectivity index (χ1v) is 4.59. The highest BCUT2D eigenvalue weighted by Gasteiger charge is 2.18. The highest BCUT2D eigenvalue weighted by Crippen LogP contribution is 2.07. The van der Waals surface area contributed by atoms with E-state index in [1.807, 2.05) is 0 Å². The summed E-state index contributed by atoms with van der Waals surface area (Å²) >= 11 is 1.05. The van der Waals surface area contributed by atoms with E-state index in [1.165, 1.54) is 11.1 Å². The van der Waals surface area contributed by atoms with Crippen molar-refractivity contribution in [2.45, 2.75) is 13.0 Å². The fourth-order valence-electron chi connectivity index (χ4n) is 0.758. The Morgan fingerprint density at radius 3 is 3.00 bits per heavy atom. The highest BCUT2D eigenvalue weighted by molar-refractivity contribution is 7.07. The molecule has 0 saturated heterocycles. The minimum atomic E-state index is -0.186. The number of likely N-dealkylation sites (N-methyl/N-ethyl adjacent to an activating group) is 1. The molecule has 1 unspecified atom stereocenters. The smallest absolute Gasteiger partial charge is 0.267 e. The van der Waals surface area contributed by atoms with E-state index < -0.39 is 0 Å². The van der Waals surface area contributed by atoms with Crippen molar-refractivity contribution in [1.82, 2.24) is 14.5 Å². The summed E-state index contributed by atoms with van der Waals surface area (Å²) in [7, 11) is 1.64. The van der Waals surface area contributed by atoms with E-state index in [0.29, 0.717) is 4.88 Å². The molecular weight excluding hydrogens is 190 g/mol. The normalized spacial score (nSPS) is 12.5. The quantitative estimate of drug-likeness (QED) is 0.747. The van der Waals surface area contributed by atoms with Gasteiger partial charge in [-0.15, -0.1) is 5.10 Å². The summed E-state index contributed by atoms with van der Waals surface area (Å²) in [6, 6.07) is -0.186. The minimum Gasteiger partial charge on any atom is -0.394 e. The second kappa shape index (κ2) is 4.29. The lowest BCUT2D eigenvalue weighted by molar-refractivity contribution is 0.0687. The number of carbonyl (C=O) groups excluding carboxylic acids is 1. The molecule has 72 valence electrons. The Bertz CT molecular complexity index is 275. The third-order valence-electron chi connectivity index (χ3n) is 1.82. The largest absolute Gasteiger partial charge is 0.394 e. The van der Waals surface area contributed by atoms with Crippen LogP contribution in [-0.2, 0) is 0 Å². The molecule has 1 atom stereocenters. The van der Waals surface area contributed by atoms with Crippen molar-refractivity contribution in [3.8, 4) is 0 Å². The molecule has 0 aliphatic rings. The summed E-state index contributed by atoms with van der Waals surface area (Å²) in [4.78, 5) is 13.5. The third kappa shape index (κ3) is 2.22. The summed E-state index contributed by atoms with van der Waals surface area (Å²) in [6.45, 7) is 1.72. The van der Waals surface area contributed by atoms with Gasteiger partial charge in [-0.1, -0.05) is 4.49 Å². The number of rotatable bonds is 3. The van der Waals surface area contributed by atoms with E-state index >= 15 is 0 Å².